The minimum absolute atomic E-state index is 0.0412. The molecule has 1 rings (SSSR count). The lowest BCUT2D eigenvalue weighted by atomic mass is 10.2. The molecule has 0 bridgehead atoms. The van der Waals surface area contributed by atoms with Gasteiger partial charge in [0, 0.05) is 12.0 Å². The van der Waals surface area contributed by atoms with Crippen LogP contribution in [0.2, 0.25) is 0 Å². The monoisotopic (exact) mass is 198 g/mol. The molecular weight excluding hydrogens is 186 g/mol. The van der Waals surface area contributed by atoms with E-state index in [0.717, 1.165) is 12.1 Å². The van der Waals surface area contributed by atoms with Crippen LogP contribution < -0.4 is 5.73 Å². The Balaban J connectivity index is 3.03. The lowest BCUT2D eigenvalue weighted by molar-refractivity contribution is 0.584. The summed E-state index contributed by atoms with van der Waals surface area (Å²) >= 11 is 0. The van der Waals surface area contributed by atoms with Gasteiger partial charge in [0.2, 0.25) is 0 Å². The Kier molecular flexibility index (Phi) is 3.17. The van der Waals surface area contributed by atoms with E-state index in [4.69, 9.17) is 5.73 Å². The zero-order valence-corrected chi connectivity index (χ0v) is 8.09. The van der Waals surface area contributed by atoms with Gasteiger partial charge >= 0.3 is 0 Å². The van der Waals surface area contributed by atoms with Gasteiger partial charge in [-0.1, -0.05) is 13.8 Å². The molecule has 0 aromatic heterocycles. The van der Waals surface area contributed by atoms with Crippen molar-refractivity contribution in [3.63, 3.8) is 0 Å². The minimum Gasteiger partial charge on any atom is -0.387 e. The molecule has 1 aromatic carbocycles. The fourth-order valence-electron chi connectivity index (χ4n) is 0.840. The molecule has 0 aliphatic carbocycles. The lowest BCUT2D eigenvalue weighted by Crippen LogP contribution is -2.18. The average molecular weight is 198 g/mol. The van der Waals surface area contributed by atoms with Crippen molar-refractivity contribution in [3.05, 3.63) is 29.8 Å². The molecule has 0 aliphatic rings. The van der Waals surface area contributed by atoms with E-state index in [1.54, 1.807) is 0 Å². The van der Waals surface area contributed by atoms with E-state index in [9.17, 15) is 8.78 Å². The van der Waals surface area contributed by atoms with Crippen molar-refractivity contribution in [1.82, 2.24) is 0 Å². The van der Waals surface area contributed by atoms with Crippen LogP contribution in [0.5, 0.6) is 0 Å². The van der Waals surface area contributed by atoms with Crippen LogP contribution in [0, 0.1) is 17.6 Å². The molecule has 0 radical (unpaired) electrons. The third-order valence-electron chi connectivity index (χ3n) is 1.75. The third-order valence-corrected chi connectivity index (χ3v) is 1.75. The number of amidine groups is 1. The van der Waals surface area contributed by atoms with Crippen LogP contribution in [0.3, 0.4) is 0 Å². The Bertz CT molecular complexity index is 359. The fraction of sp³-hybridized carbons (Fsp3) is 0.300. The summed E-state index contributed by atoms with van der Waals surface area (Å²) in [5.74, 6) is -0.951. The lowest BCUT2D eigenvalue weighted by Gasteiger charge is -2.04. The summed E-state index contributed by atoms with van der Waals surface area (Å²) in [5.41, 5.74) is 5.61. The molecule has 0 saturated heterocycles. The second-order valence-corrected chi connectivity index (χ2v) is 3.29. The summed E-state index contributed by atoms with van der Waals surface area (Å²) in [6.45, 7) is 3.69. The Labute approximate surface area is 81.5 Å². The van der Waals surface area contributed by atoms with Gasteiger partial charge in [0.1, 0.15) is 17.3 Å². The fourth-order valence-corrected chi connectivity index (χ4v) is 0.840. The molecule has 14 heavy (non-hydrogen) atoms. The highest BCUT2D eigenvalue weighted by molar-refractivity contribution is 5.84. The average Bonchev–Trinajstić information content (AvgIpc) is 2.09. The van der Waals surface area contributed by atoms with Crippen LogP contribution in [-0.2, 0) is 0 Å². The van der Waals surface area contributed by atoms with Gasteiger partial charge in [0.05, 0.1) is 0 Å². The highest BCUT2D eigenvalue weighted by Crippen LogP contribution is 2.18. The number of nitrogens with two attached hydrogens (primary N) is 1. The molecule has 0 atom stereocenters. The van der Waals surface area contributed by atoms with E-state index in [0.29, 0.717) is 5.84 Å². The van der Waals surface area contributed by atoms with E-state index in [2.05, 4.69) is 4.99 Å². The topological polar surface area (TPSA) is 38.4 Å². The van der Waals surface area contributed by atoms with Crippen LogP contribution >= 0.6 is 0 Å². The molecule has 4 heteroatoms. The Morgan fingerprint density at radius 2 is 2.00 bits per heavy atom. The zero-order chi connectivity index (χ0) is 10.7. The summed E-state index contributed by atoms with van der Waals surface area (Å²) in [6, 6.07) is 3.20. The van der Waals surface area contributed by atoms with Crippen molar-refractivity contribution >= 4 is 11.5 Å². The molecule has 0 unspecified atom stereocenters. The van der Waals surface area contributed by atoms with Gasteiger partial charge in [-0.25, -0.2) is 13.8 Å². The molecule has 0 fully saturated rings. The quantitative estimate of drug-likeness (QED) is 0.575. The molecule has 2 N–H and O–H groups in total. The van der Waals surface area contributed by atoms with Gasteiger partial charge in [-0.2, -0.15) is 0 Å². The van der Waals surface area contributed by atoms with Crippen molar-refractivity contribution in [3.8, 4) is 0 Å². The summed E-state index contributed by atoms with van der Waals surface area (Å²) in [6.07, 6.45) is 0. The molecule has 0 amide bonds. The molecule has 0 heterocycles. The molecular formula is C10H12F2N2. The number of nitrogens with zero attached hydrogens (tertiary/aromatic N) is 1. The van der Waals surface area contributed by atoms with E-state index in [-0.39, 0.29) is 11.6 Å². The van der Waals surface area contributed by atoms with Gasteiger partial charge in [-0.15, -0.1) is 0 Å². The van der Waals surface area contributed by atoms with Crippen LogP contribution in [0.4, 0.5) is 14.5 Å². The van der Waals surface area contributed by atoms with Crippen LogP contribution in [0.1, 0.15) is 13.8 Å². The largest absolute Gasteiger partial charge is 0.387 e. The van der Waals surface area contributed by atoms with Gasteiger partial charge in [0.15, 0.2) is 5.82 Å². The summed E-state index contributed by atoms with van der Waals surface area (Å²) in [5, 5.41) is 0. The highest BCUT2D eigenvalue weighted by Gasteiger charge is 2.04. The molecule has 2 nitrogen and oxygen atoms in total. The van der Waals surface area contributed by atoms with E-state index in [1.165, 1.54) is 6.07 Å². The molecule has 0 aliphatic heterocycles. The molecule has 1 aromatic rings. The third kappa shape index (κ3) is 2.52. The number of hydrogen-bond acceptors (Lipinski definition) is 1. The second-order valence-electron chi connectivity index (χ2n) is 3.29. The zero-order valence-electron chi connectivity index (χ0n) is 8.09. The normalized spacial score (nSPS) is 12.2. The standard InChI is InChI=1S/C10H12F2N2/c1-6(2)10(13)14-9-4-3-7(11)5-8(9)12/h3-6H,1-2H3,(H2,13,14). The maximum Gasteiger partial charge on any atom is 0.151 e. The first-order valence-corrected chi connectivity index (χ1v) is 4.30. The smallest absolute Gasteiger partial charge is 0.151 e. The van der Waals surface area contributed by atoms with E-state index >= 15 is 0 Å². The first-order valence-electron chi connectivity index (χ1n) is 4.30. The van der Waals surface area contributed by atoms with Gasteiger partial charge in [-0.05, 0) is 12.1 Å². The highest BCUT2D eigenvalue weighted by atomic mass is 19.1. The summed E-state index contributed by atoms with van der Waals surface area (Å²) in [7, 11) is 0. The van der Waals surface area contributed by atoms with Crippen molar-refractivity contribution in [1.29, 1.82) is 0 Å². The molecule has 0 spiro atoms. The predicted octanol–water partition coefficient (Wildman–Crippen LogP) is 2.61. The van der Waals surface area contributed by atoms with E-state index in [1.807, 2.05) is 13.8 Å². The van der Waals surface area contributed by atoms with Crippen LogP contribution in [0.15, 0.2) is 23.2 Å². The molecule has 0 saturated carbocycles. The number of hydrogen-bond donors (Lipinski definition) is 1. The van der Waals surface area contributed by atoms with Crippen molar-refractivity contribution < 1.29 is 8.78 Å². The number of halogens is 2. The van der Waals surface area contributed by atoms with Gasteiger partial charge < -0.3 is 5.73 Å². The maximum atomic E-state index is 13.1. The van der Waals surface area contributed by atoms with Crippen molar-refractivity contribution in [2.75, 3.05) is 0 Å². The van der Waals surface area contributed by atoms with Crippen molar-refractivity contribution in [2.45, 2.75) is 13.8 Å². The Morgan fingerprint density at radius 3 is 2.50 bits per heavy atom. The number of aliphatic imine (C=N–C) groups is 1. The number of rotatable bonds is 2. The summed E-state index contributed by atoms with van der Waals surface area (Å²) in [4.78, 5) is 3.85. The first-order chi connectivity index (χ1) is 6.50. The summed E-state index contributed by atoms with van der Waals surface area (Å²) < 4.78 is 25.6. The Hall–Kier alpha value is -1.45. The number of benzene rings is 1. The van der Waals surface area contributed by atoms with Crippen LogP contribution in [-0.4, -0.2) is 5.84 Å². The Morgan fingerprint density at radius 1 is 1.36 bits per heavy atom. The van der Waals surface area contributed by atoms with Crippen LogP contribution in [0.25, 0.3) is 0 Å². The maximum absolute atomic E-state index is 13.1. The van der Waals surface area contributed by atoms with Gasteiger partial charge in [-0.3, -0.25) is 0 Å². The van der Waals surface area contributed by atoms with Gasteiger partial charge in [0.25, 0.3) is 0 Å². The SMILES string of the molecule is CC(C)C(N)=Nc1ccc(F)cc1F. The van der Waals surface area contributed by atoms with E-state index < -0.39 is 11.6 Å². The molecule has 76 valence electrons. The van der Waals surface area contributed by atoms with Crippen molar-refractivity contribution in [2.24, 2.45) is 16.6 Å². The second kappa shape index (κ2) is 4.17. The predicted molar refractivity (Wildman–Crippen MR) is 52.5 cm³/mol. The first kappa shape index (κ1) is 10.6. The minimum atomic E-state index is -0.700.